The maximum absolute atomic E-state index is 12.3. The van der Waals surface area contributed by atoms with Crippen LogP contribution in [0.4, 0.5) is 16.2 Å². The maximum Gasteiger partial charge on any atom is 0.319 e. The predicted octanol–water partition coefficient (Wildman–Crippen LogP) is 3.57. The fourth-order valence-electron chi connectivity index (χ4n) is 3.38. The van der Waals surface area contributed by atoms with Crippen LogP contribution in [0.5, 0.6) is 0 Å². The fourth-order valence-corrected chi connectivity index (χ4v) is 3.57. The molecule has 0 aliphatic heterocycles. The topological polar surface area (TPSA) is 106 Å². The highest BCUT2D eigenvalue weighted by Crippen LogP contribution is 2.19. The molecule has 0 aliphatic rings. The highest BCUT2D eigenvalue weighted by molar-refractivity contribution is 7.71. The molecule has 10 nitrogen and oxygen atoms in total. The number of carbonyl (C=O) groups excluding carboxylic acids is 1. The van der Waals surface area contributed by atoms with Crippen molar-refractivity contribution in [3.8, 4) is 5.69 Å². The van der Waals surface area contributed by atoms with E-state index in [9.17, 15) is 4.79 Å². The van der Waals surface area contributed by atoms with Crippen LogP contribution in [-0.4, -0.2) is 71.2 Å². The molecule has 1 aromatic heterocycles. The van der Waals surface area contributed by atoms with Crippen molar-refractivity contribution >= 4 is 35.8 Å². The Hall–Kier alpha value is -3.73. The number of benzene rings is 2. The molecule has 0 saturated heterocycles. The Morgan fingerprint density at radius 3 is 2.76 bits per heavy atom. The summed E-state index contributed by atoms with van der Waals surface area (Å²) in [5.41, 5.74) is 4.82. The number of hydrogen-bond donors (Lipinski definition) is 3. The van der Waals surface area contributed by atoms with Gasteiger partial charge in [0, 0.05) is 45.1 Å². The van der Waals surface area contributed by atoms with Crippen molar-refractivity contribution in [1.29, 1.82) is 0 Å². The van der Waals surface area contributed by atoms with E-state index in [1.54, 1.807) is 15.8 Å². The number of anilines is 2. The molecule has 0 saturated carbocycles. The summed E-state index contributed by atoms with van der Waals surface area (Å²) in [6, 6.07) is 13.4. The molecule has 0 aliphatic carbocycles. The molecule has 3 aromatic rings. The summed E-state index contributed by atoms with van der Waals surface area (Å²) < 4.78 is 1.87. The average Bonchev–Trinajstić information content (AvgIpc) is 3.24. The molecular formula is C23H31N9OS. The molecule has 0 spiro atoms. The van der Waals surface area contributed by atoms with Gasteiger partial charge in [0.2, 0.25) is 4.77 Å². The summed E-state index contributed by atoms with van der Waals surface area (Å²) in [6.07, 6.45) is 2.69. The number of nitrogens with one attached hydrogen (secondary N) is 3. The van der Waals surface area contributed by atoms with Crippen LogP contribution in [0.15, 0.2) is 47.6 Å². The summed E-state index contributed by atoms with van der Waals surface area (Å²) in [6.45, 7) is 6.50. The second-order valence-electron chi connectivity index (χ2n) is 7.92. The highest BCUT2D eigenvalue weighted by atomic mass is 32.1. The van der Waals surface area contributed by atoms with Gasteiger partial charge in [0.05, 0.1) is 11.9 Å². The lowest BCUT2D eigenvalue weighted by molar-refractivity contribution is 0.252. The number of aromatic amines is 1. The van der Waals surface area contributed by atoms with Crippen LogP contribution in [0.2, 0.25) is 0 Å². The van der Waals surface area contributed by atoms with E-state index < -0.39 is 0 Å². The monoisotopic (exact) mass is 481 g/mol. The van der Waals surface area contributed by atoms with Gasteiger partial charge in [-0.2, -0.15) is 10.3 Å². The van der Waals surface area contributed by atoms with Crippen molar-refractivity contribution in [2.24, 2.45) is 5.10 Å². The average molecular weight is 482 g/mol. The molecule has 0 atom stereocenters. The largest absolute Gasteiger partial charge is 0.372 e. The van der Waals surface area contributed by atoms with Crippen LogP contribution in [0.3, 0.4) is 0 Å². The molecule has 180 valence electrons. The summed E-state index contributed by atoms with van der Waals surface area (Å²) in [4.78, 5) is 14.6. The van der Waals surface area contributed by atoms with Crippen LogP contribution in [0, 0.1) is 11.7 Å². The molecular weight excluding hydrogens is 450 g/mol. The number of H-pyrrole nitrogens is 1. The van der Waals surface area contributed by atoms with E-state index in [4.69, 9.17) is 12.2 Å². The van der Waals surface area contributed by atoms with Gasteiger partial charge in [-0.3, -0.25) is 0 Å². The quantitative estimate of drug-likeness (QED) is 0.177. The standard InChI is InChI=1S/C23H31N9OS/c1-5-31(20-11-10-18(17(2)14-20)16-25-30(3)4)13-7-12-24-22(33)26-19-8-6-9-21(15-19)32-23(34)27-28-29-32/h6,8-11,14-16H,5,7,12-13H2,1-4H3,(H2,24,26,33)(H,27,29,34). The SMILES string of the molecule is CCN(CCCNC(=O)Nc1cccc(-n2[nH]nnc2=S)c1)c1ccc(C=NN(C)C)c(C)c1. The number of rotatable bonds is 10. The third-order valence-electron chi connectivity index (χ3n) is 5.15. The maximum atomic E-state index is 12.3. The Morgan fingerprint density at radius 2 is 2.09 bits per heavy atom. The number of aryl methyl sites for hydroxylation is 1. The first-order valence-corrected chi connectivity index (χ1v) is 11.5. The van der Waals surface area contributed by atoms with E-state index in [-0.39, 0.29) is 6.03 Å². The summed E-state index contributed by atoms with van der Waals surface area (Å²) in [5, 5.41) is 22.0. The van der Waals surface area contributed by atoms with Gasteiger partial charge in [-0.05, 0) is 73.9 Å². The highest BCUT2D eigenvalue weighted by Gasteiger charge is 2.08. The number of urea groups is 1. The number of hydrogen-bond acceptors (Lipinski definition) is 7. The summed E-state index contributed by atoms with van der Waals surface area (Å²) in [7, 11) is 3.80. The molecule has 2 amide bonds. The zero-order valence-corrected chi connectivity index (χ0v) is 20.8. The van der Waals surface area contributed by atoms with Gasteiger partial charge >= 0.3 is 6.03 Å². The number of hydrazone groups is 1. The van der Waals surface area contributed by atoms with Crippen molar-refractivity contribution in [3.63, 3.8) is 0 Å². The van der Waals surface area contributed by atoms with Gasteiger partial charge in [-0.25, -0.2) is 9.48 Å². The Morgan fingerprint density at radius 1 is 1.26 bits per heavy atom. The van der Waals surface area contributed by atoms with Crippen LogP contribution in [0.25, 0.3) is 5.69 Å². The Balaban J connectivity index is 1.49. The minimum absolute atomic E-state index is 0.257. The van der Waals surface area contributed by atoms with E-state index in [0.29, 0.717) is 17.0 Å². The number of tetrazole rings is 1. The lowest BCUT2D eigenvalue weighted by atomic mass is 10.1. The zero-order valence-electron chi connectivity index (χ0n) is 19.9. The third kappa shape index (κ3) is 6.88. The number of aromatic nitrogens is 4. The Bertz CT molecular complexity index is 1180. The minimum atomic E-state index is -0.257. The predicted molar refractivity (Wildman–Crippen MR) is 139 cm³/mol. The number of nitrogens with zero attached hydrogens (tertiary/aromatic N) is 6. The van der Waals surface area contributed by atoms with Crippen molar-refractivity contribution in [2.75, 3.05) is 43.9 Å². The van der Waals surface area contributed by atoms with E-state index in [1.165, 1.54) is 5.56 Å². The van der Waals surface area contributed by atoms with Gasteiger partial charge in [-0.1, -0.05) is 22.4 Å². The smallest absolute Gasteiger partial charge is 0.319 e. The van der Waals surface area contributed by atoms with E-state index >= 15 is 0 Å². The normalized spacial score (nSPS) is 10.9. The first-order valence-electron chi connectivity index (χ1n) is 11.1. The molecule has 0 bridgehead atoms. The fraction of sp³-hybridized carbons (Fsp3) is 0.348. The lowest BCUT2D eigenvalue weighted by Gasteiger charge is -2.24. The van der Waals surface area contributed by atoms with Crippen LogP contribution in [-0.2, 0) is 0 Å². The van der Waals surface area contributed by atoms with Gasteiger partial charge in [-0.15, -0.1) is 0 Å². The van der Waals surface area contributed by atoms with E-state index in [0.717, 1.165) is 36.4 Å². The van der Waals surface area contributed by atoms with Crippen LogP contribution in [0.1, 0.15) is 24.5 Å². The summed E-state index contributed by atoms with van der Waals surface area (Å²) >= 11 is 5.12. The second-order valence-corrected chi connectivity index (χ2v) is 8.28. The molecule has 11 heteroatoms. The van der Waals surface area contributed by atoms with Gasteiger partial charge < -0.3 is 20.5 Å². The van der Waals surface area contributed by atoms with Crippen molar-refractivity contribution in [1.82, 2.24) is 30.5 Å². The number of amides is 2. The molecule has 0 unspecified atom stereocenters. The van der Waals surface area contributed by atoms with Crippen molar-refractivity contribution < 1.29 is 4.79 Å². The van der Waals surface area contributed by atoms with Gasteiger partial charge in [0.1, 0.15) is 0 Å². The number of carbonyl (C=O) groups is 1. The van der Waals surface area contributed by atoms with Crippen molar-refractivity contribution in [3.05, 3.63) is 58.4 Å². The molecule has 0 fully saturated rings. The second kappa shape index (κ2) is 11.9. The molecule has 34 heavy (non-hydrogen) atoms. The minimum Gasteiger partial charge on any atom is -0.372 e. The molecule has 0 radical (unpaired) electrons. The third-order valence-corrected chi connectivity index (χ3v) is 5.42. The Labute approximate surface area is 204 Å². The molecule has 3 rings (SSSR count). The van der Waals surface area contributed by atoms with Crippen molar-refractivity contribution in [2.45, 2.75) is 20.3 Å². The van der Waals surface area contributed by atoms with E-state index in [2.05, 4.69) is 68.2 Å². The van der Waals surface area contributed by atoms with Gasteiger partial charge in [0.15, 0.2) is 0 Å². The molecule has 1 heterocycles. The van der Waals surface area contributed by atoms with Crippen LogP contribution >= 0.6 is 12.2 Å². The summed E-state index contributed by atoms with van der Waals surface area (Å²) in [5.74, 6) is 0. The lowest BCUT2D eigenvalue weighted by Crippen LogP contribution is -2.32. The van der Waals surface area contributed by atoms with Gasteiger partial charge in [0.25, 0.3) is 0 Å². The Kier molecular flexibility index (Phi) is 8.74. The first-order chi connectivity index (χ1) is 16.4. The molecule has 2 aromatic carbocycles. The molecule has 3 N–H and O–H groups in total. The zero-order chi connectivity index (χ0) is 24.5. The van der Waals surface area contributed by atoms with Crippen LogP contribution < -0.4 is 15.5 Å². The van der Waals surface area contributed by atoms with E-state index in [1.807, 2.05) is 38.5 Å². The first kappa shape index (κ1) is 24.9.